The van der Waals surface area contributed by atoms with Crippen molar-refractivity contribution in [3.05, 3.63) is 0 Å². The number of nitrogens with zero attached hydrogens (tertiary/aromatic N) is 1. The number of amides is 1. The minimum atomic E-state index is -0.467. The normalized spacial score (nSPS) is 18.3. The van der Waals surface area contributed by atoms with Gasteiger partial charge in [0, 0.05) is 13.1 Å². The van der Waals surface area contributed by atoms with Gasteiger partial charge in [-0.3, -0.25) is 9.59 Å². The van der Waals surface area contributed by atoms with E-state index in [1.54, 1.807) is 6.29 Å². The smallest absolute Gasteiger partial charge is 0.248 e. The Morgan fingerprint density at radius 2 is 2.30 bits per heavy atom. The summed E-state index contributed by atoms with van der Waals surface area (Å²) in [6.45, 7) is 0.372. The van der Waals surface area contributed by atoms with Gasteiger partial charge in [0.25, 0.3) is 0 Å². The molecule has 0 spiro atoms. The van der Waals surface area contributed by atoms with Crippen molar-refractivity contribution >= 4 is 12.2 Å². The molecule has 1 aliphatic rings. The molecule has 0 aromatic carbocycles. The second kappa shape index (κ2) is 2.79. The summed E-state index contributed by atoms with van der Waals surface area (Å²) in [7, 11) is 0. The van der Waals surface area contributed by atoms with Gasteiger partial charge in [0.1, 0.15) is 6.61 Å². The Kier molecular flexibility index (Phi) is 2.01. The van der Waals surface area contributed by atoms with Gasteiger partial charge in [-0.25, -0.2) is 0 Å². The third kappa shape index (κ3) is 1.16. The lowest BCUT2D eigenvalue weighted by Gasteiger charge is -2.35. The van der Waals surface area contributed by atoms with Crippen molar-refractivity contribution in [2.75, 3.05) is 19.7 Å². The van der Waals surface area contributed by atoms with Crippen LogP contribution in [0, 0.1) is 5.92 Å². The Hall–Kier alpha value is -0.900. The fraction of sp³-hybridized carbons (Fsp3) is 0.667. The Labute approximate surface area is 58.4 Å². The Morgan fingerprint density at radius 1 is 1.70 bits per heavy atom. The van der Waals surface area contributed by atoms with Crippen LogP contribution in [0.5, 0.6) is 0 Å². The van der Waals surface area contributed by atoms with Crippen molar-refractivity contribution in [1.29, 1.82) is 0 Å². The number of carbonyl (C=O) groups is 1. The molecule has 1 heterocycles. The van der Waals surface area contributed by atoms with E-state index in [9.17, 15) is 9.59 Å². The molecule has 0 aromatic rings. The number of aliphatic hydroxyl groups is 1. The summed E-state index contributed by atoms with van der Waals surface area (Å²) < 4.78 is 0. The second-order valence-electron chi connectivity index (χ2n) is 2.27. The monoisotopic (exact) mass is 142 g/mol. The second-order valence-corrected chi connectivity index (χ2v) is 2.27. The largest absolute Gasteiger partial charge is 0.387 e. The molecule has 1 fully saturated rings. The van der Waals surface area contributed by atoms with Crippen LogP contribution in [-0.2, 0) is 9.59 Å². The predicted octanol–water partition coefficient (Wildman–Crippen LogP) is -1.45. The molecule has 1 saturated heterocycles. The molecule has 55 valence electrons. The third-order valence-electron chi connectivity index (χ3n) is 1.54. The summed E-state index contributed by atoms with van der Waals surface area (Å²) in [6, 6.07) is 0. The van der Waals surface area contributed by atoms with Gasteiger partial charge in [-0.1, -0.05) is 0 Å². The highest BCUT2D eigenvalue weighted by atomic mass is 16.3. The maximum absolute atomic E-state index is 10.6. The molecule has 0 aromatic heterocycles. The Morgan fingerprint density at radius 3 is 2.70 bits per heavy atom. The molecule has 0 atom stereocenters. The van der Waals surface area contributed by atoms with Crippen LogP contribution in [0.3, 0.4) is 0 Å². The lowest BCUT2D eigenvalue weighted by Crippen LogP contribution is -2.51. The van der Waals surface area contributed by atoms with E-state index >= 15 is 0 Å². The van der Waals surface area contributed by atoms with E-state index in [0.29, 0.717) is 13.1 Å². The maximum Gasteiger partial charge on any atom is 0.248 e. The van der Waals surface area contributed by atoms with E-state index in [0.717, 1.165) is 0 Å². The number of hydrogen-bond acceptors (Lipinski definition) is 3. The molecule has 1 amide bonds. The summed E-state index contributed by atoms with van der Waals surface area (Å²) >= 11 is 0. The van der Waals surface area contributed by atoms with E-state index in [1.807, 2.05) is 0 Å². The van der Waals surface area contributed by atoms with Gasteiger partial charge in [-0.2, -0.15) is 0 Å². The quantitative estimate of drug-likeness (QED) is 0.513. The molecule has 4 nitrogen and oxygen atoms in total. The van der Waals surface area contributed by atoms with Crippen molar-refractivity contribution < 1.29 is 14.7 Å². The highest BCUT2D eigenvalue weighted by Gasteiger charge is 2.29. The van der Waals surface area contributed by atoms with Gasteiger partial charge >= 0.3 is 0 Å². The number of aliphatic hydroxyl groups excluding tert-OH is 1. The van der Waals surface area contributed by atoms with E-state index in [4.69, 9.17) is 5.11 Å². The van der Waals surface area contributed by atoms with Crippen LogP contribution in [0.15, 0.2) is 0 Å². The van der Waals surface area contributed by atoms with E-state index in [2.05, 4.69) is 0 Å². The first-order valence-electron chi connectivity index (χ1n) is 3.04. The van der Waals surface area contributed by atoms with Crippen molar-refractivity contribution in [2.24, 2.45) is 5.92 Å². The molecule has 1 radical (unpaired) electrons. The maximum atomic E-state index is 10.6. The number of carbonyl (C=O) groups excluding carboxylic acids is 2. The van der Waals surface area contributed by atoms with E-state index in [1.165, 1.54) is 4.90 Å². The van der Waals surface area contributed by atoms with Crippen LogP contribution in [0.2, 0.25) is 0 Å². The average Bonchev–Trinajstić information content (AvgIpc) is 1.85. The summed E-state index contributed by atoms with van der Waals surface area (Å²) in [4.78, 5) is 21.9. The van der Waals surface area contributed by atoms with E-state index in [-0.39, 0.29) is 11.8 Å². The first-order valence-corrected chi connectivity index (χ1v) is 3.04. The van der Waals surface area contributed by atoms with Crippen LogP contribution in [-0.4, -0.2) is 41.9 Å². The molecule has 4 heteroatoms. The lowest BCUT2D eigenvalue weighted by atomic mass is 10.0. The van der Waals surface area contributed by atoms with Gasteiger partial charge < -0.3 is 10.0 Å². The highest BCUT2D eigenvalue weighted by molar-refractivity contribution is 5.79. The van der Waals surface area contributed by atoms with Crippen LogP contribution in [0.4, 0.5) is 0 Å². The predicted molar refractivity (Wildman–Crippen MR) is 32.8 cm³/mol. The van der Waals surface area contributed by atoms with Crippen molar-refractivity contribution in [2.45, 2.75) is 0 Å². The summed E-state index contributed by atoms with van der Waals surface area (Å²) in [5, 5.41) is 8.34. The first kappa shape index (κ1) is 7.21. The molecular formula is C6H8NO3. The minimum absolute atomic E-state index is 0.129. The fourth-order valence-electron chi connectivity index (χ4n) is 0.857. The molecule has 0 aliphatic carbocycles. The first-order chi connectivity index (χ1) is 4.77. The molecule has 0 unspecified atom stereocenters. The molecule has 1 aliphatic heterocycles. The van der Waals surface area contributed by atoms with Crippen LogP contribution >= 0.6 is 0 Å². The van der Waals surface area contributed by atoms with Gasteiger partial charge in [0.2, 0.25) is 12.2 Å². The van der Waals surface area contributed by atoms with Gasteiger partial charge in [0.15, 0.2) is 0 Å². The van der Waals surface area contributed by atoms with Crippen molar-refractivity contribution in [3.63, 3.8) is 0 Å². The molecule has 1 N–H and O–H groups in total. The zero-order valence-electron chi connectivity index (χ0n) is 5.41. The molecule has 0 saturated carbocycles. The Balaban J connectivity index is 2.25. The zero-order chi connectivity index (χ0) is 7.56. The summed E-state index contributed by atoms with van der Waals surface area (Å²) in [5.74, 6) is -0.443. The standard InChI is InChI=1S/C6H8NO3/c8-3-5-1-7(2-5)6(10)4-9/h5,9H,1-2,4H2. The molecule has 0 bridgehead atoms. The van der Waals surface area contributed by atoms with Gasteiger partial charge in [0.05, 0.1) is 5.92 Å². The van der Waals surface area contributed by atoms with Crippen molar-refractivity contribution in [3.8, 4) is 0 Å². The number of hydrogen-bond donors (Lipinski definition) is 1. The number of rotatable bonds is 2. The zero-order valence-corrected chi connectivity index (χ0v) is 5.41. The lowest BCUT2D eigenvalue weighted by molar-refractivity contribution is -0.138. The average molecular weight is 142 g/mol. The topological polar surface area (TPSA) is 57.6 Å². The molecule has 10 heavy (non-hydrogen) atoms. The third-order valence-corrected chi connectivity index (χ3v) is 1.54. The van der Waals surface area contributed by atoms with Crippen LogP contribution < -0.4 is 0 Å². The SMILES string of the molecule is O=[C]C1CN(C(=O)CO)C1. The van der Waals surface area contributed by atoms with Gasteiger partial charge in [-0.05, 0) is 0 Å². The van der Waals surface area contributed by atoms with E-state index < -0.39 is 6.61 Å². The molecule has 1 rings (SSSR count). The number of likely N-dealkylation sites (tertiary alicyclic amines) is 1. The van der Waals surface area contributed by atoms with Crippen molar-refractivity contribution in [1.82, 2.24) is 4.90 Å². The Bertz CT molecular complexity index is 151. The van der Waals surface area contributed by atoms with Crippen LogP contribution in [0.1, 0.15) is 0 Å². The highest BCUT2D eigenvalue weighted by Crippen LogP contribution is 2.11. The van der Waals surface area contributed by atoms with Crippen LogP contribution in [0.25, 0.3) is 0 Å². The molecular weight excluding hydrogens is 134 g/mol. The summed E-state index contributed by atoms with van der Waals surface area (Å²) in [5.41, 5.74) is 0. The summed E-state index contributed by atoms with van der Waals surface area (Å²) in [6.07, 6.45) is 1.78. The minimum Gasteiger partial charge on any atom is -0.387 e. The fourth-order valence-corrected chi connectivity index (χ4v) is 0.857. The van der Waals surface area contributed by atoms with Gasteiger partial charge in [-0.15, -0.1) is 0 Å².